The van der Waals surface area contributed by atoms with Gasteiger partial charge in [0.1, 0.15) is 11.5 Å². The van der Waals surface area contributed by atoms with Gasteiger partial charge in [0.25, 0.3) is 19.7 Å². The van der Waals surface area contributed by atoms with Crippen molar-refractivity contribution in [2.45, 2.75) is 101 Å². The highest BCUT2D eigenvalue weighted by Gasteiger charge is 2.44. The van der Waals surface area contributed by atoms with Crippen LogP contribution >= 0.6 is 0 Å². The van der Waals surface area contributed by atoms with Gasteiger partial charge in [0.05, 0.1) is 23.0 Å². The molecule has 4 aromatic rings. The average molecular weight is 679 g/mol. The van der Waals surface area contributed by atoms with E-state index in [0.29, 0.717) is 35.5 Å². The van der Waals surface area contributed by atoms with Crippen molar-refractivity contribution in [3.05, 3.63) is 78.3 Å². The summed E-state index contributed by atoms with van der Waals surface area (Å²) in [7, 11) is -9.41. The highest BCUT2D eigenvalue weighted by molar-refractivity contribution is 8.31. The first-order valence-corrected chi connectivity index (χ1v) is 19.7. The zero-order valence-electron chi connectivity index (χ0n) is 27.5. The van der Waals surface area contributed by atoms with Gasteiger partial charge in [0.2, 0.25) is 0 Å². The van der Waals surface area contributed by atoms with Gasteiger partial charge in [0.15, 0.2) is 0 Å². The standard InChI is InChI=1S/C37H46N2O6S2/c1-3-5-7-9-11-13-23-44-33-19-15-31-27-35(21-17-29(31)25-33)46(40,41)37(39-38)47(42,43)36-22-18-30-26-34(20-16-32(30)28-36)45-24-14-12-10-8-6-4-2/h15-22,25-28H,3-14,23-24H2,1-2H3. The number of hydrogen-bond acceptors (Lipinski definition) is 6. The zero-order valence-corrected chi connectivity index (χ0v) is 29.1. The molecule has 0 unspecified atom stereocenters. The number of sulfone groups is 2. The molecule has 0 N–H and O–H groups in total. The van der Waals surface area contributed by atoms with Gasteiger partial charge in [-0.05, 0) is 82.9 Å². The fourth-order valence-electron chi connectivity index (χ4n) is 5.52. The van der Waals surface area contributed by atoms with Crippen LogP contribution in [0, 0.1) is 0 Å². The molecule has 0 spiro atoms. The maximum absolute atomic E-state index is 13.6. The minimum absolute atomic E-state index is 0.296. The normalized spacial score (nSPS) is 11.9. The number of nitrogens with zero attached hydrogens (tertiary/aromatic N) is 2. The summed E-state index contributed by atoms with van der Waals surface area (Å²) in [6.07, 6.45) is 13.9. The first-order valence-electron chi connectivity index (χ1n) is 16.8. The molecule has 0 atom stereocenters. The minimum Gasteiger partial charge on any atom is -0.494 e. The maximum Gasteiger partial charge on any atom is 0.504 e. The Morgan fingerprint density at radius 2 is 0.894 bits per heavy atom. The Bertz CT molecular complexity index is 1780. The van der Waals surface area contributed by atoms with Crippen LogP contribution in [0.2, 0.25) is 0 Å². The van der Waals surface area contributed by atoms with Crippen LogP contribution in [0.3, 0.4) is 0 Å². The molecule has 0 amide bonds. The summed E-state index contributed by atoms with van der Waals surface area (Å²) in [5, 5.41) is 2.62. The molecule has 0 aliphatic heterocycles. The Kier molecular flexibility index (Phi) is 13.4. The molecule has 0 aromatic heterocycles. The van der Waals surface area contributed by atoms with Crippen LogP contribution in [0.1, 0.15) is 90.9 Å². The van der Waals surface area contributed by atoms with E-state index >= 15 is 0 Å². The van der Waals surface area contributed by atoms with Gasteiger partial charge in [-0.2, -0.15) is 0 Å². The summed E-state index contributed by atoms with van der Waals surface area (Å²) in [4.78, 5) is 2.21. The summed E-state index contributed by atoms with van der Waals surface area (Å²) < 4.78 is 64.7. The van der Waals surface area contributed by atoms with E-state index in [4.69, 9.17) is 9.47 Å². The van der Waals surface area contributed by atoms with Crippen molar-refractivity contribution in [3.63, 3.8) is 0 Å². The average Bonchev–Trinajstić information content (AvgIpc) is 3.07. The van der Waals surface area contributed by atoms with Gasteiger partial charge < -0.3 is 15.0 Å². The molecule has 0 aliphatic carbocycles. The first kappa shape index (κ1) is 36.1. The number of hydrogen-bond donors (Lipinski definition) is 0. The smallest absolute Gasteiger partial charge is 0.494 e. The highest BCUT2D eigenvalue weighted by Crippen LogP contribution is 2.29. The molecule has 8 nitrogen and oxygen atoms in total. The lowest BCUT2D eigenvalue weighted by molar-refractivity contribution is 0.00380. The van der Waals surface area contributed by atoms with Gasteiger partial charge in [-0.25, -0.2) is 16.8 Å². The van der Waals surface area contributed by atoms with Crippen LogP contribution in [0.15, 0.2) is 82.6 Å². The Hall–Kier alpha value is -3.72. The summed E-state index contributed by atoms with van der Waals surface area (Å²) in [5.41, 5.74) is 9.74. The Balaban J connectivity index is 1.44. The molecule has 4 rings (SSSR count). The maximum atomic E-state index is 13.6. The molecule has 47 heavy (non-hydrogen) atoms. The third kappa shape index (κ3) is 9.66. The summed E-state index contributed by atoms with van der Waals surface area (Å²) >= 11 is 0. The molecule has 0 radical (unpaired) electrons. The molecule has 0 aliphatic rings. The molecule has 0 bridgehead atoms. The fraction of sp³-hybridized carbons (Fsp3) is 0.432. The van der Waals surface area contributed by atoms with Crippen molar-refractivity contribution in [1.29, 1.82) is 0 Å². The second-order valence-corrected chi connectivity index (χ2v) is 15.9. The Morgan fingerprint density at radius 3 is 1.30 bits per heavy atom. The summed E-state index contributed by atoms with van der Waals surface area (Å²) in [6, 6.07) is 19.1. The number of benzene rings is 4. The molecule has 0 saturated carbocycles. The van der Waals surface area contributed by atoms with Crippen molar-refractivity contribution in [2.24, 2.45) is 0 Å². The van der Waals surface area contributed by atoms with Crippen molar-refractivity contribution in [2.75, 3.05) is 13.2 Å². The predicted molar refractivity (Wildman–Crippen MR) is 189 cm³/mol. The van der Waals surface area contributed by atoms with Crippen LogP contribution in [0.25, 0.3) is 27.1 Å². The van der Waals surface area contributed by atoms with E-state index in [1.165, 1.54) is 75.6 Å². The van der Waals surface area contributed by atoms with E-state index in [1.807, 2.05) is 12.1 Å². The van der Waals surface area contributed by atoms with E-state index in [0.717, 1.165) is 36.5 Å². The molecule has 0 fully saturated rings. The lowest BCUT2D eigenvalue weighted by Gasteiger charge is -2.09. The van der Waals surface area contributed by atoms with Crippen molar-refractivity contribution in [3.8, 4) is 11.5 Å². The van der Waals surface area contributed by atoms with E-state index < -0.39 is 24.1 Å². The second kappa shape index (κ2) is 17.4. The van der Waals surface area contributed by atoms with E-state index in [-0.39, 0.29) is 9.79 Å². The van der Waals surface area contributed by atoms with Gasteiger partial charge in [-0.15, -0.1) is 4.79 Å². The quantitative estimate of drug-likeness (QED) is 0.0340. The molecular weight excluding hydrogens is 633 g/mol. The number of rotatable bonds is 18. The lowest BCUT2D eigenvalue weighted by Crippen LogP contribution is -2.26. The van der Waals surface area contributed by atoms with Crippen LogP contribution in [0.5, 0.6) is 11.5 Å². The predicted octanol–water partition coefficient (Wildman–Crippen LogP) is 9.31. The van der Waals surface area contributed by atoms with Crippen molar-refractivity contribution < 1.29 is 31.1 Å². The lowest BCUT2D eigenvalue weighted by atomic mass is 10.1. The molecule has 10 heteroatoms. The topological polar surface area (TPSA) is 123 Å². The zero-order chi connectivity index (χ0) is 33.7. The number of ether oxygens (including phenoxy) is 2. The van der Waals surface area contributed by atoms with E-state index in [9.17, 15) is 22.4 Å². The van der Waals surface area contributed by atoms with E-state index in [1.54, 1.807) is 36.4 Å². The van der Waals surface area contributed by atoms with Gasteiger partial charge in [0, 0.05) is 0 Å². The fourth-order valence-corrected chi connectivity index (χ4v) is 8.93. The van der Waals surface area contributed by atoms with Gasteiger partial charge in [-0.3, -0.25) is 0 Å². The first-order chi connectivity index (χ1) is 22.7. The molecule has 0 heterocycles. The van der Waals surface area contributed by atoms with Crippen molar-refractivity contribution in [1.82, 2.24) is 0 Å². The molecule has 0 saturated heterocycles. The number of unbranched alkanes of at least 4 members (excludes halogenated alkanes) is 10. The Labute approximate surface area is 279 Å². The van der Waals surface area contributed by atoms with Crippen LogP contribution in [-0.4, -0.2) is 39.2 Å². The summed E-state index contributed by atoms with van der Waals surface area (Å²) in [6.45, 7) is 5.58. The van der Waals surface area contributed by atoms with Gasteiger partial charge >= 0.3 is 4.38 Å². The third-order valence-electron chi connectivity index (χ3n) is 8.26. The second-order valence-electron chi connectivity index (χ2n) is 11.9. The molecular formula is C37H46N2O6S2. The van der Waals surface area contributed by atoms with Crippen LogP contribution in [0.4, 0.5) is 0 Å². The van der Waals surface area contributed by atoms with E-state index in [2.05, 4.69) is 18.6 Å². The van der Waals surface area contributed by atoms with Crippen molar-refractivity contribution >= 4 is 45.6 Å². The molecule has 4 aromatic carbocycles. The SMILES string of the molecule is CCCCCCCCOc1ccc2cc(S(=O)(=O)C(=[N+]=[N-])S(=O)(=O)c3ccc4cc(OCCCCCCCC)ccc4c3)ccc2c1. The van der Waals surface area contributed by atoms with Crippen LogP contribution < -0.4 is 9.47 Å². The number of fused-ring (bicyclic) bond motifs is 2. The minimum atomic E-state index is -4.71. The monoisotopic (exact) mass is 678 g/mol. The molecule has 252 valence electrons. The Morgan fingerprint density at radius 1 is 0.532 bits per heavy atom. The van der Waals surface area contributed by atoms with Crippen LogP contribution in [-0.2, 0) is 19.7 Å². The van der Waals surface area contributed by atoms with Gasteiger partial charge in [-0.1, -0.05) is 102 Å². The third-order valence-corrected chi connectivity index (χ3v) is 12.4. The highest BCUT2D eigenvalue weighted by atomic mass is 32.3. The summed E-state index contributed by atoms with van der Waals surface area (Å²) in [5.74, 6) is 1.35. The largest absolute Gasteiger partial charge is 0.504 e.